The lowest BCUT2D eigenvalue weighted by Crippen LogP contribution is -2.08. The van der Waals surface area contributed by atoms with Crippen LogP contribution in [0, 0.1) is 25.2 Å². The zero-order chi connectivity index (χ0) is 13.0. The molecule has 0 amide bonds. The van der Waals surface area contributed by atoms with E-state index in [4.69, 9.17) is 9.78 Å². The topological polar surface area (TPSA) is 74.7 Å². The number of nitrogens with zero attached hydrogens (tertiary/aromatic N) is 3. The van der Waals surface area contributed by atoms with Gasteiger partial charge in [0, 0.05) is 19.9 Å². The highest BCUT2D eigenvalue weighted by molar-refractivity contribution is 5.62. The highest BCUT2D eigenvalue weighted by Gasteiger charge is 2.06. The monoisotopic (exact) mass is 242 g/mol. The van der Waals surface area contributed by atoms with Gasteiger partial charge in [-0.05, 0) is 18.6 Å². The third-order valence-corrected chi connectivity index (χ3v) is 2.61. The number of benzene rings is 1. The number of aromatic nitrogens is 2. The van der Waals surface area contributed by atoms with E-state index in [1.54, 1.807) is 13.0 Å². The molecule has 92 valence electrons. The van der Waals surface area contributed by atoms with Crippen LogP contribution in [0.15, 0.2) is 22.7 Å². The summed E-state index contributed by atoms with van der Waals surface area (Å²) in [6, 6.07) is 7.83. The first-order valence-electron chi connectivity index (χ1n) is 5.73. The van der Waals surface area contributed by atoms with Crippen LogP contribution in [0.4, 0.5) is 5.69 Å². The van der Waals surface area contributed by atoms with Gasteiger partial charge in [0.05, 0.1) is 11.3 Å². The van der Waals surface area contributed by atoms with Crippen molar-refractivity contribution in [2.45, 2.75) is 20.3 Å². The van der Waals surface area contributed by atoms with E-state index >= 15 is 0 Å². The molecule has 18 heavy (non-hydrogen) atoms. The molecule has 0 fully saturated rings. The standard InChI is InChI=1S/C13H14N4O/c1-9-4-3-5-11(8-14)13(9)15-7-6-12-16-10(2)18-17-12/h3-5,15H,6-7H2,1-2H3. The average Bonchev–Trinajstić information content (AvgIpc) is 2.77. The fourth-order valence-corrected chi connectivity index (χ4v) is 1.74. The van der Waals surface area contributed by atoms with Gasteiger partial charge in [-0.1, -0.05) is 17.3 Å². The second-order valence-corrected chi connectivity index (χ2v) is 4.02. The minimum absolute atomic E-state index is 0.568. The molecule has 0 aliphatic rings. The summed E-state index contributed by atoms with van der Waals surface area (Å²) >= 11 is 0. The maximum absolute atomic E-state index is 9.03. The van der Waals surface area contributed by atoms with Gasteiger partial charge < -0.3 is 9.84 Å². The summed E-state index contributed by atoms with van der Waals surface area (Å²) in [5, 5.41) is 16.1. The Kier molecular flexibility index (Phi) is 3.58. The zero-order valence-corrected chi connectivity index (χ0v) is 10.4. The van der Waals surface area contributed by atoms with E-state index < -0.39 is 0 Å². The molecule has 2 aromatic rings. The zero-order valence-electron chi connectivity index (χ0n) is 10.4. The smallest absolute Gasteiger partial charge is 0.223 e. The number of hydrogen-bond donors (Lipinski definition) is 1. The molecule has 0 radical (unpaired) electrons. The number of anilines is 1. The summed E-state index contributed by atoms with van der Waals surface area (Å²) in [7, 11) is 0. The molecule has 0 unspecified atom stereocenters. The molecule has 0 saturated carbocycles. The number of nitrogens with one attached hydrogen (secondary N) is 1. The Bertz CT molecular complexity index is 583. The molecule has 0 atom stereocenters. The summed E-state index contributed by atoms with van der Waals surface area (Å²) in [6.07, 6.45) is 0.663. The van der Waals surface area contributed by atoms with Crippen molar-refractivity contribution in [3.05, 3.63) is 41.0 Å². The number of nitriles is 1. The molecular weight excluding hydrogens is 228 g/mol. The predicted molar refractivity (Wildman–Crippen MR) is 67.1 cm³/mol. The molecule has 2 rings (SSSR count). The molecule has 1 N–H and O–H groups in total. The predicted octanol–water partition coefficient (Wildman–Crippen LogP) is 2.21. The third-order valence-electron chi connectivity index (χ3n) is 2.61. The van der Waals surface area contributed by atoms with Crippen molar-refractivity contribution < 1.29 is 4.52 Å². The Hall–Kier alpha value is -2.35. The Balaban J connectivity index is 2.00. The molecular formula is C13H14N4O. The first-order chi connectivity index (χ1) is 8.70. The molecule has 0 aliphatic heterocycles. The Labute approximate surface area is 105 Å². The average molecular weight is 242 g/mol. The van der Waals surface area contributed by atoms with Gasteiger partial charge in [0.25, 0.3) is 0 Å². The van der Waals surface area contributed by atoms with Crippen molar-refractivity contribution in [1.29, 1.82) is 5.26 Å². The van der Waals surface area contributed by atoms with Crippen LogP contribution in [0.5, 0.6) is 0 Å². The lowest BCUT2D eigenvalue weighted by Gasteiger charge is -2.09. The van der Waals surface area contributed by atoms with E-state index in [0.29, 0.717) is 30.2 Å². The third kappa shape index (κ3) is 2.66. The first kappa shape index (κ1) is 12.1. The second kappa shape index (κ2) is 5.32. The Morgan fingerprint density at radius 2 is 2.22 bits per heavy atom. The quantitative estimate of drug-likeness (QED) is 0.889. The molecule has 1 heterocycles. The van der Waals surface area contributed by atoms with Crippen LogP contribution in [0.1, 0.15) is 22.8 Å². The van der Waals surface area contributed by atoms with Gasteiger partial charge >= 0.3 is 0 Å². The van der Waals surface area contributed by atoms with Gasteiger partial charge in [0.15, 0.2) is 5.82 Å². The van der Waals surface area contributed by atoms with Crippen LogP contribution in [0.3, 0.4) is 0 Å². The maximum Gasteiger partial charge on any atom is 0.223 e. The molecule has 0 spiro atoms. The Morgan fingerprint density at radius 3 is 2.89 bits per heavy atom. The second-order valence-electron chi connectivity index (χ2n) is 4.02. The minimum Gasteiger partial charge on any atom is -0.383 e. The van der Waals surface area contributed by atoms with Crippen LogP contribution >= 0.6 is 0 Å². The minimum atomic E-state index is 0.568. The summed E-state index contributed by atoms with van der Waals surface area (Å²) in [5.41, 5.74) is 2.58. The van der Waals surface area contributed by atoms with E-state index in [9.17, 15) is 0 Å². The number of rotatable bonds is 4. The van der Waals surface area contributed by atoms with E-state index in [1.807, 2.05) is 19.1 Å². The first-order valence-corrected chi connectivity index (χ1v) is 5.73. The lowest BCUT2D eigenvalue weighted by atomic mass is 10.1. The van der Waals surface area contributed by atoms with E-state index in [1.165, 1.54) is 0 Å². The van der Waals surface area contributed by atoms with Gasteiger partial charge in [0.2, 0.25) is 5.89 Å². The van der Waals surface area contributed by atoms with Crippen molar-refractivity contribution in [2.75, 3.05) is 11.9 Å². The largest absolute Gasteiger partial charge is 0.383 e. The van der Waals surface area contributed by atoms with Crippen LogP contribution in [-0.2, 0) is 6.42 Å². The van der Waals surface area contributed by atoms with Gasteiger partial charge in [-0.3, -0.25) is 0 Å². The van der Waals surface area contributed by atoms with Gasteiger partial charge in [-0.15, -0.1) is 0 Å². The molecule has 0 bridgehead atoms. The fourth-order valence-electron chi connectivity index (χ4n) is 1.74. The van der Waals surface area contributed by atoms with Crippen LogP contribution in [-0.4, -0.2) is 16.7 Å². The molecule has 0 saturated heterocycles. The molecule has 5 nitrogen and oxygen atoms in total. The van der Waals surface area contributed by atoms with Gasteiger partial charge in [-0.25, -0.2) is 0 Å². The number of aryl methyl sites for hydroxylation is 2. The summed E-state index contributed by atoms with van der Waals surface area (Å²) in [6.45, 7) is 4.40. The van der Waals surface area contributed by atoms with Crippen molar-refractivity contribution in [2.24, 2.45) is 0 Å². The number of hydrogen-bond acceptors (Lipinski definition) is 5. The molecule has 1 aromatic carbocycles. The highest BCUT2D eigenvalue weighted by Crippen LogP contribution is 2.19. The number of para-hydroxylation sites is 1. The lowest BCUT2D eigenvalue weighted by molar-refractivity contribution is 0.387. The van der Waals surface area contributed by atoms with Crippen LogP contribution in [0.25, 0.3) is 0 Å². The van der Waals surface area contributed by atoms with Gasteiger partial charge in [0.1, 0.15) is 6.07 Å². The summed E-state index contributed by atoms with van der Waals surface area (Å²) in [5.74, 6) is 1.24. The van der Waals surface area contributed by atoms with Crippen LogP contribution in [0.2, 0.25) is 0 Å². The maximum atomic E-state index is 9.03. The summed E-state index contributed by atoms with van der Waals surface area (Å²) in [4.78, 5) is 4.12. The normalized spacial score (nSPS) is 10.1. The summed E-state index contributed by atoms with van der Waals surface area (Å²) < 4.78 is 4.89. The highest BCUT2D eigenvalue weighted by atomic mass is 16.5. The van der Waals surface area contributed by atoms with Gasteiger partial charge in [-0.2, -0.15) is 10.2 Å². The van der Waals surface area contributed by atoms with E-state index in [0.717, 1.165) is 11.3 Å². The molecule has 5 heteroatoms. The van der Waals surface area contributed by atoms with E-state index in [2.05, 4.69) is 21.5 Å². The van der Waals surface area contributed by atoms with E-state index in [-0.39, 0.29) is 0 Å². The van der Waals surface area contributed by atoms with Crippen molar-refractivity contribution in [3.63, 3.8) is 0 Å². The Morgan fingerprint density at radius 1 is 1.39 bits per heavy atom. The van der Waals surface area contributed by atoms with Crippen LogP contribution < -0.4 is 5.32 Å². The SMILES string of the molecule is Cc1nc(CCNc2c(C)cccc2C#N)no1. The van der Waals surface area contributed by atoms with Crippen molar-refractivity contribution >= 4 is 5.69 Å². The van der Waals surface area contributed by atoms with Crippen molar-refractivity contribution in [3.8, 4) is 6.07 Å². The van der Waals surface area contributed by atoms with Crippen molar-refractivity contribution in [1.82, 2.24) is 10.1 Å². The molecule has 1 aromatic heterocycles. The fraction of sp³-hybridized carbons (Fsp3) is 0.308. The molecule has 0 aliphatic carbocycles.